The lowest BCUT2D eigenvalue weighted by atomic mass is 10.1. The van der Waals surface area contributed by atoms with Crippen molar-refractivity contribution in [2.45, 2.75) is 13.5 Å². The number of nitrogens with zero attached hydrogens (tertiary/aromatic N) is 4. The van der Waals surface area contributed by atoms with E-state index in [0.29, 0.717) is 17.8 Å². The molecule has 0 aliphatic carbocycles. The molecule has 7 heteroatoms. The summed E-state index contributed by atoms with van der Waals surface area (Å²) in [4.78, 5) is 21.4. The SMILES string of the molecule is Cc1csc(CNC(=O)c2cn(-c3ccccc3)nc2-c2cccnc2)n1. The number of carbonyl (C=O) groups excluding carboxylic acids is 1. The average Bonchev–Trinajstić information content (AvgIpc) is 3.34. The van der Waals surface area contributed by atoms with Crippen LogP contribution in [0.5, 0.6) is 0 Å². The zero-order valence-corrected chi connectivity index (χ0v) is 15.5. The molecule has 1 N–H and O–H groups in total. The molecule has 0 spiro atoms. The lowest BCUT2D eigenvalue weighted by Crippen LogP contribution is -2.23. The zero-order chi connectivity index (χ0) is 18.6. The van der Waals surface area contributed by atoms with Gasteiger partial charge in [-0.2, -0.15) is 5.10 Å². The monoisotopic (exact) mass is 375 g/mol. The maximum atomic E-state index is 12.9. The van der Waals surface area contributed by atoms with Gasteiger partial charge in [-0.3, -0.25) is 9.78 Å². The predicted octanol–water partition coefficient (Wildman–Crippen LogP) is 3.63. The van der Waals surface area contributed by atoms with Crippen LogP contribution in [-0.2, 0) is 6.54 Å². The standard InChI is InChI=1S/C20H17N5OS/c1-14-13-27-18(23-14)11-22-20(26)17-12-25(16-7-3-2-4-8-16)24-19(17)15-6-5-9-21-10-15/h2-10,12-13H,11H2,1H3,(H,22,26). The molecule has 0 aliphatic rings. The molecule has 4 rings (SSSR count). The number of rotatable bonds is 5. The lowest BCUT2D eigenvalue weighted by molar-refractivity contribution is 0.0951. The van der Waals surface area contributed by atoms with E-state index in [4.69, 9.17) is 0 Å². The number of pyridine rings is 1. The Morgan fingerprint density at radius 1 is 1.19 bits per heavy atom. The number of aromatic nitrogens is 4. The van der Waals surface area contributed by atoms with Gasteiger partial charge < -0.3 is 5.32 Å². The number of aryl methyl sites for hydroxylation is 1. The van der Waals surface area contributed by atoms with E-state index in [0.717, 1.165) is 22.0 Å². The third-order valence-corrected chi connectivity index (χ3v) is 4.95. The van der Waals surface area contributed by atoms with Crippen LogP contribution in [0.2, 0.25) is 0 Å². The highest BCUT2D eigenvalue weighted by Gasteiger charge is 2.19. The zero-order valence-electron chi connectivity index (χ0n) is 14.7. The maximum Gasteiger partial charge on any atom is 0.255 e. The molecule has 4 aromatic rings. The Morgan fingerprint density at radius 3 is 2.74 bits per heavy atom. The Balaban J connectivity index is 1.67. The van der Waals surface area contributed by atoms with Crippen molar-refractivity contribution >= 4 is 17.2 Å². The number of hydrogen-bond donors (Lipinski definition) is 1. The van der Waals surface area contributed by atoms with Crippen molar-refractivity contribution in [2.75, 3.05) is 0 Å². The van der Waals surface area contributed by atoms with Crippen LogP contribution in [0.3, 0.4) is 0 Å². The fraction of sp³-hybridized carbons (Fsp3) is 0.100. The molecule has 0 saturated carbocycles. The van der Waals surface area contributed by atoms with Gasteiger partial charge in [0.15, 0.2) is 0 Å². The lowest BCUT2D eigenvalue weighted by Gasteiger charge is -2.03. The largest absolute Gasteiger partial charge is 0.345 e. The molecule has 0 radical (unpaired) electrons. The first-order chi connectivity index (χ1) is 13.2. The molecule has 0 aliphatic heterocycles. The van der Waals surface area contributed by atoms with Crippen LogP contribution in [0.1, 0.15) is 21.1 Å². The summed E-state index contributed by atoms with van der Waals surface area (Å²) in [6.45, 7) is 2.33. The summed E-state index contributed by atoms with van der Waals surface area (Å²) >= 11 is 1.53. The number of amides is 1. The second-order valence-electron chi connectivity index (χ2n) is 5.98. The molecule has 1 aromatic carbocycles. The number of carbonyl (C=O) groups is 1. The molecule has 3 aromatic heterocycles. The first kappa shape index (κ1) is 17.1. The quantitative estimate of drug-likeness (QED) is 0.578. The van der Waals surface area contributed by atoms with Crippen molar-refractivity contribution in [3.63, 3.8) is 0 Å². The van der Waals surface area contributed by atoms with Gasteiger partial charge in [0.05, 0.1) is 17.8 Å². The molecule has 0 atom stereocenters. The average molecular weight is 375 g/mol. The second kappa shape index (κ2) is 7.51. The Kier molecular flexibility index (Phi) is 4.76. The van der Waals surface area contributed by atoms with Crippen LogP contribution < -0.4 is 5.32 Å². The summed E-state index contributed by atoms with van der Waals surface area (Å²) < 4.78 is 1.71. The maximum absolute atomic E-state index is 12.9. The third kappa shape index (κ3) is 3.78. The molecule has 3 heterocycles. The minimum absolute atomic E-state index is 0.191. The Morgan fingerprint density at radius 2 is 2.04 bits per heavy atom. The minimum Gasteiger partial charge on any atom is -0.345 e. The highest BCUT2D eigenvalue weighted by atomic mass is 32.1. The van der Waals surface area contributed by atoms with E-state index in [-0.39, 0.29) is 5.91 Å². The van der Waals surface area contributed by atoms with Crippen molar-refractivity contribution in [3.05, 3.63) is 82.7 Å². The van der Waals surface area contributed by atoms with E-state index < -0.39 is 0 Å². The fourth-order valence-electron chi connectivity index (χ4n) is 2.70. The van der Waals surface area contributed by atoms with Gasteiger partial charge in [0.2, 0.25) is 0 Å². The smallest absolute Gasteiger partial charge is 0.255 e. The summed E-state index contributed by atoms with van der Waals surface area (Å²) in [5.74, 6) is -0.191. The van der Waals surface area contributed by atoms with E-state index in [1.54, 1.807) is 23.3 Å². The first-order valence-corrected chi connectivity index (χ1v) is 9.33. The van der Waals surface area contributed by atoms with Crippen LogP contribution in [0.15, 0.2) is 66.4 Å². The molecule has 0 fully saturated rings. The third-order valence-electron chi connectivity index (χ3n) is 3.98. The molecular formula is C20H17N5OS. The molecule has 1 amide bonds. The Labute approximate surface area is 160 Å². The fourth-order valence-corrected chi connectivity index (χ4v) is 3.42. The normalized spacial score (nSPS) is 10.7. The van der Waals surface area contributed by atoms with Gasteiger partial charge >= 0.3 is 0 Å². The molecule has 0 saturated heterocycles. The summed E-state index contributed by atoms with van der Waals surface area (Å²) in [5, 5.41) is 10.4. The molecular weight excluding hydrogens is 358 g/mol. The van der Waals surface area contributed by atoms with Gasteiger partial charge in [-0.05, 0) is 31.2 Å². The highest BCUT2D eigenvalue weighted by molar-refractivity contribution is 7.09. The van der Waals surface area contributed by atoms with Crippen LogP contribution in [-0.4, -0.2) is 25.7 Å². The number of para-hydroxylation sites is 1. The van der Waals surface area contributed by atoms with E-state index >= 15 is 0 Å². The molecule has 134 valence electrons. The number of benzene rings is 1. The number of hydrogen-bond acceptors (Lipinski definition) is 5. The molecule has 6 nitrogen and oxygen atoms in total. The Hall–Kier alpha value is -3.32. The van der Waals surface area contributed by atoms with Crippen LogP contribution in [0.25, 0.3) is 16.9 Å². The summed E-state index contributed by atoms with van der Waals surface area (Å²) in [6.07, 6.45) is 5.15. The van der Waals surface area contributed by atoms with Crippen molar-refractivity contribution in [2.24, 2.45) is 0 Å². The summed E-state index contributed by atoms with van der Waals surface area (Å²) in [6, 6.07) is 13.4. The van der Waals surface area contributed by atoms with E-state index in [9.17, 15) is 4.79 Å². The number of thiazole rings is 1. The van der Waals surface area contributed by atoms with Gasteiger partial charge in [-0.25, -0.2) is 9.67 Å². The van der Waals surface area contributed by atoms with Gasteiger partial charge in [0.25, 0.3) is 5.91 Å². The predicted molar refractivity (Wildman–Crippen MR) is 105 cm³/mol. The summed E-state index contributed by atoms with van der Waals surface area (Å²) in [5.41, 5.74) is 3.73. The number of nitrogens with one attached hydrogen (secondary N) is 1. The van der Waals surface area contributed by atoms with E-state index in [1.807, 2.05) is 54.8 Å². The van der Waals surface area contributed by atoms with Gasteiger partial charge in [0.1, 0.15) is 10.7 Å². The molecule has 0 bridgehead atoms. The van der Waals surface area contributed by atoms with Crippen molar-refractivity contribution in [3.8, 4) is 16.9 Å². The second-order valence-corrected chi connectivity index (χ2v) is 6.92. The summed E-state index contributed by atoms with van der Waals surface area (Å²) in [7, 11) is 0. The van der Waals surface area contributed by atoms with Crippen molar-refractivity contribution < 1.29 is 4.79 Å². The van der Waals surface area contributed by atoms with E-state index in [2.05, 4.69) is 20.4 Å². The van der Waals surface area contributed by atoms with Gasteiger partial charge in [-0.1, -0.05) is 18.2 Å². The minimum atomic E-state index is -0.191. The molecule has 27 heavy (non-hydrogen) atoms. The Bertz CT molecular complexity index is 1060. The molecule has 0 unspecified atom stereocenters. The van der Waals surface area contributed by atoms with Crippen LogP contribution in [0.4, 0.5) is 0 Å². The van der Waals surface area contributed by atoms with Crippen molar-refractivity contribution in [1.29, 1.82) is 0 Å². The van der Waals surface area contributed by atoms with Gasteiger partial charge in [-0.15, -0.1) is 11.3 Å². The highest BCUT2D eigenvalue weighted by Crippen LogP contribution is 2.23. The van der Waals surface area contributed by atoms with Crippen molar-refractivity contribution in [1.82, 2.24) is 25.1 Å². The van der Waals surface area contributed by atoms with Gasteiger partial charge in [0, 0.05) is 35.2 Å². The van der Waals surface area contributed by atoms with E-state index in [1.165, 1.54) is 11.3 Å². The first-order valence-electron chi connectivity index (χ1n) is 8.45. The van der Waals surface area contributed by atoms with Crippen LogP contribution >= 0.6 is 11.3 Å². The van der Waals surface area contributed by atoms with Crippen LogP contribution in [0, 0.1) is 6.92 Å². The topological polar surface area (TPSA) is 72.7 Å².